The fourth-order valence-corrected chi connectivity index (χ4v) is 4.91. The van der Waals surface area contributed by atoms with E-state index in [0.717, 1.165) is 28.3 Å². The minimum atomic E-state index is -0.992. The van der Waals surface area contributed by atoms with Crippen molar-refractivity contribution in [2.24, 2.45) is 5.73 Å². The SMILES string of the molecule is CCCN(C(=O)OC(C)(C)C)[C@H]1CCc2nc(N(C=O)C(=O)[C@@H](N)CCC(=O)NCC)sc2C1. The zero-order chi connectivity index (χ0) is 25.5. The summed E-state index contributed by atoms with van der Waals surface area (Å²) in [6, 6.07) is -1.04. The molecule has 0 saturated heterocycles. The van der Waals surface area contributed by atoms with Gasteiger partial charge in [0.1, 0.15) is 5.60 Å². The van der Waals surface area contributed by atoms with E-state index in [-0.39, 0.29) is 36.0 Å². The van der Waals surface area contributed by atoms with Gasteiger partial charge < -0.3 is 20.7 Å². The predicted octanol–water partition coefficient (Wildman–Crippen LogP) is 2.38. The van der Waals surface area contributed by atoms with Crippen LogP contribution in [0.25, 0.3) is 0 Å². The Morgan fingerprint density at radius 1 is 1.32 bits per heavy atom. The summed E-state index contributed by atoms with van der Waals surface area (Å²) in [5.41, 5.74) is 6.21. The number of fused-ring (bicyclic) bond motifs is 1. The lowest BCUT2D eigenvalue weighted by Gasteiger charge is -2.35. The number of thiazole rings is 1. The number of anilines is 1. The largest absolute Gasteiger partial charge is 0.444 e. The number of ether oxygens (including phenoxy) is 1. The minimum Gasteiger partial charge on any atom is -0.444 e. The number of aromatic nitrogens is 1. The Balaban J connectivity index is 2.12. The van der Waals surface area contributed by atoms with Gasteiger partial charge in [0.05, 0.1) is 11.7 Å². The van der Waals surface area contributed by atoms with Crippen molar-refractivity contribution < 1.29 is 23.9 Å². The Morgan fingerprint density at radius 3 is 2.62 bits per heavy atom. The van der Waals surface area contributed by atoms with Crippen LogP contribution in [0.1, 0.15) is 70.9 Å². The number of rotatable bonds is 10. The summed E-state index contributed by atoms with van der Waals surface area (Å²) < 4.78 is 5.60. The molecule has 11 heteroatoms. The normalized spacial score (nSPS) is 16.2. The van der Waals surface area contributed by atoms with Crippen LogP contribution in [-0.2, 0) is 32.0 Å². The van der Waals surface area contributed by atoms with E-state index >= 15 is 0 Å². The zero-order valence-electron chi connectivity index (χ0n) is 20.8. The van der Waals surface area contributed by atoms with Gasteiger partial charge in [0.2, 0.25) is 12.3 Å². The number of nitrogens with one attached hydrogen (secondary N) is 1. The van der Waals surface area contributed by atoms with Crippen molar-refractivity contribution in [1.82, 2.24) is 15.2 Å². The molecule has 1 aromatic heterocycles. The van der Waals surface area contributed by atoms with Crippen LogP contribution in [0.4, 0.5) is 9.93 Å². The number of amides is 4. The molecule has 0 unspecified atom stereocenters. The Morgan fingerprint density at radius 2 is 2.03 bits per heavy atom. The van der Waals surface area contributed by atoms with Crippen LogP contribution in [0.2, 0.25) is 0 Å². The molecule has 2 atom stereocenters. The molecule has 0 aliphatic heterocycles. The van der Waals surface area contributed by atoms with Crippen LogP contribution in [0.3, 0.4) is 0 Å². The maximum absolute atomic E-state index is 12.8. The van der Waals surface area contributed by atoms with Gasteiger partial charge in [-0.3, -0.25) is 14.4 Å². The van der Waals surface area contributed by atoms with E-state index in [1.54, 1.807) is 11.8 Å². The summed E-state index contributed by atoms with van der Waals surface area (Å²) in [4.78, 5) is 57.1. The van der Waals surface area contributed by atoms with E-state index in [1.165, 1.54) is 11.3 Å². The predicted molar refractivity (Wildman–Crippen MR) is 131 cm³/mol. The zero-order valence-corrected chi connectivity index (χ0v) is 21.6. The highest BCUT2D eigenvalue weighted by atomic mass is 32.1. The molecule has 2 rings (SSSR count). The standard InChI is InChI=1S/C23H37N5O5S/c1-6-12-27(22(32)33-23(3,4)5)15-8-10-17-18(13-15)34-21(26-17)28(14-29)20(31)16(24)9-11-19(30)25-7-2/h14-16H,6-13,24H2,1-5H3,(H,25,30)/t15-,16-/m0/s1. The molecule has 0 fully saturated rings. The molecule has 4 amide bonds. The lowest BCUT2D eigenvalue weighted by molar-refractivity contribution is -0.123. The lowest BCUT2D eigenvalue weighted by atomic mass is 9.96. The van der Waals surface area contributed by atoms with Crippen LogP contribution in [0, 0.1) is 0 Å². The average Bonchev–Trinajstić information content (AvgIpc) is 3.17. The fourth-order valence-electron chi connectivity index (χ4n) is 3.76. The second kappa shape index (κ2) is 12.3. The second-order valence-corrected chi connectivity index (χ2v) is 10.4. The van der Waals surface area contributed by atoms with Crippen molar-refractivity contribution in [2.45, 2.75) is 90.8 Å². The van der Waals surface area contributed by atoms with Crippen molar-refractivity contribution in [1.29, 1.82) is 0 Å². The summed E-state index contributed by atoms with van der Waals surface area (Å²) in [6.45, 7) is 10.4. The summed E-state index contributed by atoms with van der Waals surface area (Å²) in [5.74, 6) is -0.788. The Labute approximate surface area is 205 Å². The number of hydrogen-bond donors (Lipinski definition) is 2. The lowest BCUT2D eigenvalue weighted by Crippen LogP contribution is -2.46. The Bertz CT molecular complexity index is 882. The molecule has 0 saturated carbocycles. The summed E-state index contributed by atoms with van der Waals surface area (Å²) in [7, 11) is 0. The molecule has 0 radical (unpaired) electrons. The fraction of sp³-hybridized carbons (Fsp3) is 0.696. The van der Waals surface area contributed by atoms with E-state index in [4.69, 9.17) is 10.5 Å². The molecule has 0 bridgehead atoms. The van der Waals surface area contributed by atoms with E-state index in [2.05, 4.69) is 10.3 Å². The first kappa shape index (κ1) is 27.7. The molecule has 0 aromatic carbocycles. The number of imide groups is 1. The Kier molecular flexibility index (Phi) is 9.99. The van der Waals surface area contributed by atoms with E-state index in [0.29, 0.717) is 32.3 Å². The first-order valence-electron chi connectivity index (χ1n) is 11.8. The monoisotopic (exact) mass is 495 g/mol. The highest BCUT2D eigenvalue weighted by Gasteiger charge is 2.33. The summed E-state index contributed by atoms with van der Waals surface area (Å²) in [6.07, 6.45) is 3.04. The number of carbonyl (C=O) groups is 4. The molecule has 1 aliphatic rings. The van der Waals surface area contributed by atoms with Crippen LogP contribution in [-0.4, -0.2) is 65.0 Å². The van der Waals surface area contributed by atoms with Gasteiger partial charge in [0.25, 0.3) is 5.91 Å². The van der Waals surface area contributed by atoms with Gasteiger partial charge >= 0.3 is 6.09 Å². The van der Waals surface area contributed by atoms with Crippen LogP contribution >= 0.6 is 11.3 Å². The Hall–Kier alpha value is -2.53. The minimum absolute atomic E-state index is 0.0460. The van der Waals surface area contributed by atoms with Crippen molar-refractivity contribution in [3.63, 3.8) is 0 Å². The molecule has 10 nitrogen and oxygen atoms in total. The number of hydrogen-bond acceptors (Lipinski definition) is 8. The molecule has 190 valence electrons. The maximum atomic E-state index is 12.8. The van der Waals surface area contributed by atoms with Crippen molar-refractivity contribution >= 4 is 40.8 Å². The van der Waals surface area contributed by atoms with E-state index in [9.17, 15) is 19.2 Å². The molecule has 34 heavy (non-hydrogen) atoms. The topological polar surface area (TPSA) is 135 Å². The van der Waals surface area contributed by atoms with Gasteiger partial charge in [0, 0.05) is 36.9 Å². The third kappa shape index (κ3) is 7.49. The average molecular weight is 496 g/mol. The van der Waals surface area contributed by atoms with Crippen LogP contribution < -0.4 is 16.0 Å². The molecule has 3 N–H and O–H groups in total. The smallest absolute Gasteiger partial charge is 0.410 e. The quantitative estimate of drug-likeness (QED) is 0.476. The van der Waals surface area contributed by atoms with Gasteiger partial charge in [-0.15, -0.1) is 11.3 Å². The molecule has 0 spiro atoms. The molecule has 1 heterocycles. The van der Waals surface area contributed by atoms with Crippen molar-refractivity contribution in [3.8, 4) is 0 Å². The van der Waals surface area contributed by atoms with E-state index < -0.39 is 17.6 Å². The van der Waals surface area contributed by atoms with Crippen LogP contribution in [0.5, 0.6) is 0 Å². The summed E-state index contributed by atoms with van der Waals surface area (Å²) in [5, 5.41) is 2.92. The highest BCUT2D eigenvalue weighted by Crippen LogP contribution is 2.34. The third-order valence-electron chi connectivity index (χ3n) is 5.36. The first-order valence-corrected chi connectivity index (χ1v) is 12.6. The number of aryl methyl sites for hydroxylation is 1. The third-order valence-corrected chi connectivity index (χ3v) is 6.48. The first-order chi connectivity index (χ1) is 16.0. The molecular formula is C23H37N5O5S. The van der Waals surface area contributed by atoms with Gasteiger partial charge in [-0.2, -0.15) is 0 Å². The van der Waals surface area contributed by atoms with Gasteiger partial charge in [0.15, 0.2) is 5.13 Å². The maximum Gasteiger partial charge on any atom is 0.410 e. The second-order valence-electron chi connectivity index (χ2n) is 9.35. The highest BCUT2D eigenvalue weighted by molar-refractivity contribution is 7.16. The molecule has 1 aromatic rings. The van der Waals surface area contributed by atoms with Crippen molar-refractivity contribution in [2.75, 3.05) is 18.0 Å². The summed E-state index contributed by atoms with van der Waals surface area (Å²) >= 11 is 1.26. The number of nitrogens with two attached hydrogens (primary N) is 1. The number of nitrogens with zero attached hydrogens (tertiary/aromatic N) is 3. The molecular weight excluding hydrogens is 458 g/mol. The van der Waals surface area contributed by atoms with Gasteiger partial charge in [-0.25, -0.2) is 14.7 Å². The van der Waals surface area contributed by atoms with Gasteiger partial charge in [-0.05, 0) is 53.4 Å². The van der Waals surface area contributed by atoms with Crippen LogP contribution in [0.15, 0.2) is 0 Å². The van der Waals surface area contributed by atoms with Gasteiger partial charge in [-0.1, -0.05) is 6.92 Å². The molecule has 1 aliphatic carbocycles. The van der Waals surface area contributed by atoms with Crippen molar-refractivity contribution in [3.05, 3.63) is 10.6 Å². The number of carbonyl (C=O) groups excluding carboxylic acids is 4. The van der Waals surface area contributed by atoms with E-state index in [1.807, 2.05) is 27.7 Å².